The van der Waals surface area contributed by atoms with Gasteiger partial charge >= 0.3 is 0 Å². The van der Waals surface area contributed by atoms with Crippen LogP contribution in [0.5, 0.6) is 0 Å². The predicted molar refractivity (Wildman–Crippen MR) is 81.2 cm³/mol. The van der Waals surface area contributed by atoms with Gasteiger partial charge in [0.25, 0.3) is 5.56 Å². The van der Waals surface area contributed by atoms with Crippen molar-refractivity contribution in [3.8, 4) is 5.69 Å². The minimum Gasteiger partial charge on any atom is -0.269 e. The Morgan fingerprint density at radius 1 is 1.15 bits per heavy atom. The van der Waals surface area contributed by atoms with Gasteiger partial charge in [-0.1, -0.05) is 24.3 Å². The number of pyridine rings is 2. The second kappa shape index (κ2) is 5.13. The van der Waals surface area contributed by atoms with Gasteiger partial charge in [0.15, 0.2) is 0 Å². The molecule has 0 aliphatic carbocycles. The average molecular weight is 262 g/mol. The van der Waals surface area contributed by atoms with E-state index in [2.05, 4.69) is 11.6 Å². The second-order valence-electron chi connectivity index (χ2n) is 4.55. The molecule has 0 N–H and O–H groups in total. The molecule has 20 heavy (non-hydrogen) atoms. The first kappa shape index (κ1) is 12.4. The van der Waals surface area contributed by atoms with E-state index in [0.717, 1.165) is 16.6 Å². The summed E-state index contributed by atoms with van der Waals surface area (Å²) >= 11 is 0. The molecule has 0 aliphatic rings. The number of aromatic nitrogens is 2. The highest BCUT2D eigenvalue weighted by molar-refractivity contribution is 5.77. The minimum absolute atomic E-state index is 0.0395. The molecule has 3 nitrogen and oxygen atoms in total. The lowest BCUT2D eigenvalue weighted by atomic mass is 10.1. The molecule has 0 amide bonds. The second-order valence-corrected chi connectivity index (χ2v) is 4.55. The summed E-state index contributed by atoms with van der Waals surface area (Å²) in [5.74, 6) is 0. The fourth-order valence-corrected chi connectivity index (χ4v) is 2.32. The van der Waals surface area contributed by atoms with Crippen LogP contribution >= 0.6 is 0 Å². The van der Waals surface area contributed by atoms with E-state index >= 15 is 0 Å². The molecule has 1 aromatic carbocycles. The maximum atomic E-state index is 12.6. The Bertz CT molecular complexity index is 819. The van der Waals surface area contributed by atoms with Crippen molar-refractivity contribution in [1.82, 2.24) is 9.55 Å². The summed E-state index contributed by atoms with van der Waals surface area (Å²) < 4.78 is 1.66. The zero-order valence-corrected chi connectivity index (χ0v) is 11.0. The summed E-state index contributed by atoms with van der Waals surface area (Å²) in [4.78, 5) is 17.0. The van der Waals surface area contributed by atoms with Crippen LogP contribution in [0.3, 0.4) is 0 Å². The zero-order valence-electron chi connectivity index (χ0n) is 11.0. The first-order chi connectivity index (χ1) is 9.81. The van der Waals surface area contributed by atoms with Crippen LogP contribution in [0, 0.1) is 0 Å². The van der Waals surface area contributed by atoms with E-state index in [-0.39, 0.29) is 5.56 Å². The van der Waals surface area contributed by atoms with Crippen molar-refractivity contribution in [2.24, 2.45) is 0 Å². The van der Waals surface area contributed by atoms with Gasteiger partial charge in [0, 0.05) is 17.1 Å². The molecule has 3 rings (SSSR count). The first-order valence-corrected chi connectivity index (χ1v) is 6.47. The molecule has 2 heterocycles. The number of fused-ring (bicyclic) bond motifs is 1. The Kier molecular flexibility index (Phi) is 3.17. The van der Waals surface area contributed by atoms with Crippen molar-refractivity contribution < 1.29 is 0 Å². The highest BCUT2D eigenvalue weighted by Crippen LogP contribution is 2.15. The minimum atomic E-state index is -0.0395. The number of para-hydroxylation sites is 1. The summed E-state index contributed by atoms with van der Waals surface area (Å²) in [5.41, 5.74) is 2.19. The number of nitrogens with zero attached hydrogens (tertiary/aromatic N) is 2. The number of benzene rings is 1. The van der Waals surface area contributed by atoms with Crippen molar-refractivity contribution in [3.05, 3.63) is 83.3 Å². The predicted octanol–water partition coefficient (Wildman–Crippen LogP) is 3.11. The van der Waals surface area contributed by atoms with Gasteiger partial charge in [-0.25, -0.2) is 4.98 Å². The zero-order chi connectivity index (χ0) is 13.9. The molecule has 0 unspecified atom stereocenters. The van der Waals surface area contributed by atoms with E-state index in [4.69, 9.17) is 0 Å². The maximum absolute atomic E-state index is 12.6. The molecular weight excluding hydrogens is 248 g/mol. The first-order valence-electron chi connectivity index (χ1n) is 6.47. The van der Waals surface area contributed by atoms with Gasteiger partial charge in [0.1, 0.15) is 5.65 Å². The number of rotatable bonds is 3. The highest BCUT2D eigenvalue weighted by atomic mass is 16.1. The summed E-state index contributed by atoms with van der Waals surface area (Å²) in [5, 5.41) is 0.952. The Morgan fingerprint density at radius 2 is 1.95 bits per heavy atom. The van der Waals surface area contributed by atoms with Crippen molar-refractivity contribution in [2.45, 2.75) is 6.42 Å². The summed E-state index contributed by atoms with van der Waals surface area (Å²) in [6.07, 6.45) is 4.00. The van der Waals surface area contributed by atoms with Crippen LogP contribution in [0.15, 0.2) is 72.2 Å². The Morgan fingerprint density at radius 3 is 2.70 bits per heavy atom. The van der Waals surface area contributed by atoms with Gasteiger partial charge in [-0.15, -0.1) is 6.58 Å². The number of allylic oxidation sites excluding steroid dienone is 1. The summed E-state index contributed by atoms with van der Waals surface area (Å²) in [6.45, 7) is 3.72. The number of hydrogen-bond acceptors (Lipinski definition) is 2. The largest absolute Gasteiger partial charge is 0.269 e. The molecule has 0 aliphatic heterocycles. The average Bonchev–Trinajstić information content (AvgIpc) is 2.49. The lowest BCUT2D eigenvalue weighted by Gasteiger charge is -2.11. The molecule has 3 heteroatoms. The Hall–Kier alpha value is -2.68. The monoisotopic (exact) mass is 262 g/mol. The standard InChI is InChI=1S/C17H14N2O/c1-2-7-14-12-13-8-6-11-18-16(13)19(17(14)20)15-9-4-3-5-10-15/h2-6,8-12H,1,7H2. The number of hydrogen-bond donors (Lipinski definition) is 0. The molecule has 0 fully saturated rings. The van der Waals surface area contributed by atoms with Gasteiger partial charge < -0.3 is 0 Å². The molecule has 0 atom stereocenters. The van der Waals surface area contributed by atoms with Gasteiger partial charge in [-0.05, 0) is 36.8 Å². The molecular formula is C17H14N2O. The fraction of sp³-hybridized carbons (Fsp3) is 0.0588. The lowest BCUT2D eigenvalue weighted by Crippen LogP contribution is -2.23. The van der Waals surface area contributed by atoms with E-state index < -0.39 is 0 Å². The van der Waals surface area contributed by atoms with Crippen molar-refractivity contribution >= 4 is 11.0 Å². The van der Waals surface area contributed by atoms with Gasteiger partial charge in [-0.2, -0.15) is 0 Å². The molecule has 0 saturated heterocycles. The highest BCUT2D eigenvalue weighted by Gasteiger charge is 2.10. The molecule has 0 saturated carbocycles. The van der Waals surface area contributed by atoms with E-state index in [0.29, 0.717) is 12.1 Å². The molecule has 2 aromatic heterocycles. The third-order valence-electron chi connectivity index (χ3n) is 3.21. The lowest BCUT2D eigenvalue weighted by molar-refractivity contribution is 0.981. The van der Waals surface area contributed by atoms with E-state index in [1.54, 1.807) is 16.8 Å². The van der Waals surface area contributed by atoms with E-state index in [9.17, 15) is 4.79 Å². The van der Waals surface area contributed by atoms with Crippen LogP contribution in [0.25, 0.3) is 16.7 Å². The normalized spacial score (nSPS) is 10.6. The SMILES string of the molecule is C=CCc1cc2cccnc2n(-c2ccccc2)c1=O. The maximum Gasteiger partial charge on any atom is 0.260 e. The van der Waals surface area contributed by atoms with Crippen LogP contribution in [0.4, 0.5) is 0 Å². The topological polar surface area (TPSA) is 34.9 Å². The van der Waals surface area contributed by atoms with Crippen molar-refractivity contribution in [1.29, 1.82) is 0 Å². The van der Waals surface area contributed by atoms with Crippen LogP contribution in [0.2, 0.25) is 0 Å². The molecule has 0 bridgehead atoms. The van der Waals surface area contributed by atoms with Crippen LogP contribution in [0.1, 0.15) is 5.56 Å². The van der Waals surface area contributed by atoms with Crippen LogP contribution in [-0.2, 0) is 6.42 Å². The molecule has 0 spiro atoms. The van der Waals surface area contributed by atoms with Gasteiger partial charge in [0.05, 0.1) is 5.69 Å². The quantitative estimate of drug-likeness (QED) is 0.680. The molecule has 98 valence electrons. The third-order valence-corrected chi connectivity index (χ3v) is 3.21. The van der Waals surface area contributed by atoms with E-state index in [1.165, 1.54) is 0 Å². The summed E-state index contributed by atoms with van der Waals surface area (Å²) in [7, 11) is 0. The smallest absolute Gasteiger partial charge is 0.260 e. The van der Waals surface area contributed by atoms with Crippen LogP contribution in [-0.4, -0.2) is 9.55 Å². The van der Waals surface area contributed by atoms with Crippen molar-refractivity contribution in [3.63, 3.8) is 0 Å². The van der Waals surface area contributed by atoms with E-state index in [1.807, 2.05) is 48.5 Å². The summed E-state index contributed by atoms with van der Waals surface area (Å²) in [6, 6.07) is 15.3. The Labute approximate surface area is 116 Å². The third kappa shape index (κ3) is 2.03. The van der Waals surface area contributed by atoms with Gasteiger partial charge in [-0.3, -0.25) is 9.36 Å². The van der Waals surface area contributed by atoms with Crippen molar-refractivity contribution in [2.75, 3.05) is 0 Å². The fourth-order valence-electron chi connectivity index (χ4n) is 2.32. The molecule has 0 radical (unpaired) electrons. The molecule has 3 aromatic rings. The van der Waals surface area contributed by atoms with Gasteiger partial charge in [0.2, 0.25) is 0 Å². The Balaban J connectivity index is 2.41. The van der Waals surface area contributed by atoms with Crippen LogP contribution < -0.4 is 5.56 Å².